The van der Waals surface area contributed by atoms with E-state index in [-0.39, 0.29) is 13.0 Å². The maximum atomic E-state index is 12.5. The second-order valence-corrected chi connectivity index (χ2v) is 8.07. The lowest BCUT2D eigenvalue weighted by Gasteiger charge is -2.26. The SMILES string of the molecule is CC(C)(C)OC(=O)N1C[C@H](Oc2nccc3c2ccc2occc23)CC1C(=O)O. The highest BCUT2D eigenvalue weighted by Crippen LogP contribution is 2.32. The van der Waals surface area contributed by atoms with Crippen molar-refractivity contribution in [2.45, 2.75) is 44.9 Å². The van der Waals surface area contributed by atoms with Gasteiger partial charge in [-0.2, -0.15) is 0 Å². The summed E-state index contributed by atoms with van der Waals surface area (Å²) in [5.74, 6) is -0.696. The molecule has 1 aliphatic rings. The Bertz CT molecular complexity index is 1080. The molecule has 29 heavy (non-hydrogen) atoms. The molecule has 1 fully saturated rings. The van der Waals surface area contributed by atoms with Crippen LogP contribution in [0, 0.1) is 0 Å². The highest BCUT2D eigenvalue weighted by Gasteiger charge is 2.43. The van der Waals surface area contributed by atoms with Crippen LogP contribution in [0.15, 0.2) is 41.1 Å². The summed E-state index contributed by atoms with van der Waals surface area (Å²) >= 11 is 0. The molecule has 3 heterocycles. The number of carboxylic acid groups (broad SMARTS) is 1. The molecule has 1 saturated heterocycles. The van der Waals surface area contributed by atoms with E-state index in [4.69, 9.17) is 13.9 Å². The van der Waals surface area contributed by atoms with Crippen LogP contribution in [0.1, 0.15) is 27.2 Å². The van der Waals surface area contributed by atoms with Crippen LogP contribution in [0.2, 0.25) is 0 Å². The largest absolute Gasteiger partial charge is 0.480 e. The van der Waals surface area contributed by atoms with E-state index in [0.29, 0.717) is 5.88 Å². The second kappa shape index (κ2) is 6.95. The van der Waals surface area contributed by atoms with E-state index in [2.05, 4.69) is 4.98 Å². The quantitative estimate of drug-likeness (QED) is 0.715. The third kappa shape index (κ3) is 3.70. The van der Waals surface area contributed by atoms with Gasteiger partial charge in [0.15, 0.2) is 0 Å². The highest BCUT2D eigenvalue weighted by atomic mass is 16.6. The number of benzene rings is 1. The van der Waals surface area contributed by atoms with Crippen LogP contribution in [0.25, 0.3) is 21.7 Å². The van der Waals surface area contributed by atoms with E-state index < -0.39 is 29.8 Å². The number of carbonyl (C=O) groups excluding carboxylic acids is 1. The standard InChI is InChI=1S/C21H22N2O6/c1-21(2,3)29-20(26)23-11-12(10-16(23)19(24)25)28-18-15-4-5-17-14(7-9-27-17)13(15)6-8-22-18/h4-9,12,16H,10-11H2,1-3H3,(H,24,25)/t12-,16?/m1/s1. The predicted molar refractivity (Wildman–Crippen MR) is 105 cm³/mol. The van der Waals surface area contributed by atoms with Crippen LogP contribution >= 0.6 is 0 Å². The number of furan rings is 1. The Morgan fingerprint density at radius 2 is 1.97 bits per heavy atom. The smallest absolute Gasteiger partial charge is 0.411 e. The molecule has 0 spiro atoms. The molecule has 1 aromatic carbocycles. The van der Waals surface area contributed by atoms with Gasteiger partial charge in [-0.3, -0.25) is 4.90 Å². The first kappa shape index (κ1) is 19.0. The fourth-order valence-corrected chi connectivity index (χ4v) is 3.57. The van der Waals surface area contributed by atoms with Crippen LogP contribution in [-0.2, 0) is 9.53 Å². The molecule has 1 amide bonds. The molecule has 8 heteroatoms. The molecule has 0 saturated carbocycles. The summed E-state index contributed by atoms with van der Waals surface area (Å²) in [6.07, 6.45) is 2.24. The van der Waals surface area contributed by atoms with Crippen molar-refractivity contribution in [2.75, 3.05) is 6.54 Å². The molecule has 2 aromatic heterocycles. The first-order valence-electron chi connectivity index (χ1n) is 9.37. The second-order valence-electron chi connectivity index (χ2n) is 8.07. The number of rotatable bonds is 3. The zero-order chi connectivity index (χ0) is 20.8. The van der Waals surface area contributed by atoms with Crippen LogP contribution in [0.4, 0.5) is 4.79 Å². The van der Waals surface area contributed by atoms with E-state index in [1.165, 1.54) is 4.90 Å². The first-order valence-corrected chi connectivity index (χ1v) is 9.37. The topological polar surface area (TPSA) is 102 Å². The minimum absolute atomic E-state index is 0.109. The fraction of sp³-hybridized carbons (Fsp3) is 0.381. The normalized spacial score (nSPS) is 19.6. The van der Waals surface area contributed by atoms with Crippen molar-refractivity contribution >= 4 is 33.8 Å². The van der Waals surface area contributed by atoms with E-state index in [9.17, 15) is 14.7 Å². The summed E-state index contributed by atoms with van der Waals surface area (Å²) in [6, 6.07) is 6.45. The number of likely N-dealkylation sites (tertiary alicyclic amines) is 1. The Kier molecular flexibility index (Phi) is 4.56. The fourth-order valence-electron chi connectivity index (χ4n) is 3.57. The highest BCUT2D eigenvalue weighted by molar-refractivity contribution is 6.07. The minimum Gasteiger partial charge on any atom is -0.480 e. The van der Waals surface area contributed by atoms with Gasteiger partial charge >= 0.3 is 12.1 Å². The molecule has 2 atom stereocenters. The van der Waals surface area contributed by atoms with Gasteiger partial charge in [-0.1, -0.05) is 0 Å². The molecule has 8 nitrogen and oxygen atoms in total. The average molecular weight is 398 g/mol. The number of pyridine rings is 1. The lowest BCUT2D eigenvalue weighted by Crippen LogP contribution is -2.43. The number of ether oxygens (including phenoxy) is 2. The summed E-state index contributed by atoms with van der Waals surface area (Å²) in [6.45, 7) is 5.32. The van der Waals surface area contributed by atoms with Gasteiger partial charge < -0.3 is 19.0 Å². The third-order valence-corrected chi connectivity index (χ3v) is 4.79. The van der Waals surface area contributed by atoms with Gasteiger partial charge in [-0.05, 0) is 50.4 Å². The molecule has 4 rings (SSSR count). The molecular weight excluding hydrogens is 376 g/mol. The minimum atomic E-state index is -1.09. The van der Waals surface area contributed by atoms with Crippen molar-refractivity contribution in [3.05, 3.63) is 36.7 Å². The Morgan fingerprint density at radius 1 is 1.17 bits per heavy atom. The van der Waals surface area contributed by atoms with Gasteiger partial charge in [-0.25, -0.2) is 14.6 Å². The number of carbonyl (C=O) groups is 2. The Labute approximate surface area is 167 Å². The summed E-state index contributed by atoms with van der Waals surface area (Å²) in [5, 5.41) is 12.2. The average Bonchev–Trinajstić information content (AvgIpc) is 3.27. The van der Waals surface area contributed by atoms with Gasteiger partial charge in [0.2, 0.25) is 5.88 Å². The van der Waals surface area contributed by atoms with Crippen LogP contribution in [0.3, 0.4) is 0 Å². The van der Waals surface area contributed by atoms with Crippen LogP contribution in [0.5, 0.6) is 5.88 Å². The van der Waals surface area contributed by atoms with Gasteiger partial charge in [0.05, 0.1) is 12.8 Å². The lowest BCUT2D eigenvalue weighted by molar-refractivity contribution is -0.142. The van der Waals surface area contributed by atoms with Crippen molar-refractivity contribution in [3.8, 4) is 5.88 Å². The summed E-state index contributed by atoms with van der Waals surface area (Å²) < 4.78 is 16.8. The molecular formula is C21H22N2O6. The van der Waals surface area contributed by atoms with Crippen molar-refractivity contribution in [3.63, 3.8) is 0 Å². The molecule has 1 aliphatic heterocycles. The van der Waals surface area contributed by atoms with Crippen molar-refractivity contribution in [1.82, 2.24) is 9.88 Å². The Balaban J connectivity index is 1.60. The molecule has 3 aromatic rings. The lowest BCUT2D eigenvalue weighted by atomic mass is 10.1. The van der Waals surface area contributed by atoms with Crippen molar-refractivity contribution in [2.24, 2.45) is 0 Å². The Hall–Kier alpha value is -3.29. The molecule has 0 aliphatic carbocycles. The number of fused-ring (bicyclic) bond motifs is 3. The van der Waals surface area contributed by atoms with Gasteiger partial charge in [0.1, 0.15) is 23.3 Å². The Morgan fingerprint density at radius 3 is 2.69 bits per heavy atom. The van der Waals surface area contributed by atoms with E-state index in [0.717, 1.165) is 21.7 Å². The number of amides is 1. The first-order chi connectivity index (χ1) is 13.7. The maximum absolute atomic E-state index is 12.5. The van der Waals surface area contributed by atoms with Crippen molar-refractivity contribution in [1.29, 1.82) is 0 Å². The van der Waals surface area contributed by atoms with E-state index in [1.807, 2.05) is 24.3 Å². The molecule has 0 bridgehead atoms. The number of aliphatic carboxylic acids is 1. The zero-order valence-corrected chi connectivity index (χ0v) is 16.4. The number of nitrogens with zero attached hydrogens (tertiary/aromatic N) is 2. The summed E-state index contributed by atoms with van der Waals surface area (Å²) in [5.41, 5.74) is 0.0456. The van der Waals surface area contributed by atoms with Gasteiger partial charge in [0, 0.05) is 23.4 Å². The van der Waals surface area contributed by atoms with E-state index >= 15 is 0 Å². The number of aromatic nitrogens is 1. The van der Waals surface area contributed by atoms with Crippen LogP contribution in [-0.4, -0.2) is 51.3 Å². The molecule has 0 radical (unpaired) electrons. The van der Waals surface area contributed by atoms with E-state index in [1.54, 1.807) is 33.2 Å². The summed E-state index contributed by atoms with van der Waals surface area (Å²) in [7, 11) is 0. The van der Waals surface area contributed by atoms with Crippen LogP contribution < -0.4 is 4.74 Å². The predicted octanol–water partition coefficient (Wildman–Crippen LogP) is 3.82. The summed E-state index contributed by atoms with van der Waals surface area (Å²) in [4.78, 5) is 29.7. The molecule has 152 valence electrons. The van der Waals surface area contributed by atoms with Gasteiger partial charge in [-0.15, -0.1) is 0 Å². The zero-order valence-electron chi connectivity index (χ0n) is 16.4. The monoisotopic (exact) mass is 398 g/mol. The maximum Gasteiger partial charge on any atom is 0.411 e. The van der Waals surface area contributed by atoms with Gasteiger partial charge in [0.25, 0.3) is 0 Å². The third-order valence-electron chi connectivity index (χ3n) is 4.79. The number of hydrogen-bond acceptors (Lipinski definition) is 6. The van der Waals surface area contributed by atoms with Crippen molar-refractivity contribution < 1.29 is 28.6 Å². The number of carboxylic acids is 1. The molecule has 1 N–H and O–H groups in total. The number of hydrogen-bond donors (Lipinski definition) is 1. The molecule has 1 unspecified atom stereocenters.